The second-order valence-electron chi connectivity index (χ2n) is 4.20. The van der Waals surface area contributed by atoms with Crippen LogP contribution in [0.1, 0.15) is 23.7 Å². The number of hydrogen-bond donors (Lipinski definition) is 1. The first kappa shape index (κ1) is 15.1. The molecule has 2 rings (SSSR count). The first-order valence-electron chi connectivity index (χ1n) is 6.40. The van der Waals surface area contributed by atoms with E-state index in [9.17, 15) is 9.90 Å². The summed E-state index contributed by atoms with van der Waals surface area (Å²) in [5.74, 6) is -0.284. The summed E-state index contributed by atoms with van der Waals surface area (Å²) in [6, 6.07) is 7.81. The summed E-state index contributed by atoms with van der Waals surface area (Å²) in [5.41, 5.74) is -0.0328. The van der Waals surface area contributed by atoms with Gasteiger partial charge in [0.25, 0.3) is 5.88 Å². The molecule has 0 amide bonds. The SMILES string of the molecule is CCCOc1cccnc1Oc1ccc(Cl)cc1C(=O)O. The fourth-order valence-corrected chi connectivity index (χ4v) is 1.81. The Balaban J connectivity index is 2.32. The van der Waals surface area contributed by atoms with Gasteiger partial charge >= 0.3 is 5.97 Å². The molecule has 21 heavy (non-hydrogen) atoms. The molecule has 0 atom stereocenters. The van der Waals surface area contributed by atoms with E-state index in [1.54, 1.807) is 24.4 Å². The number of rotatable bonds is 6. The van der Waals surface area contributed by atoms with Crippen molar-refractivity contribution in [2.24, 2.45) is 0 Å². The van der Waals surface area contributed by atoms with E-state index < -0.39 is 5.97 Å². The number of ether oxygens (including phenoxy) is 2. The van der Waals surface area contributed by atoms with Gasteiger partial charge in [-0.2, -0.15) is 0 Å². The van der Waals surface area contributed by atoms with E-state index in [-0.39, 0.29) is 17.2 Å². The van der Waals surface area contributed by atoms with Crippen molar-refractivity contribution in [3.05, 3.63) is 47.1 Å². The molecule has 110 valence electrons. The first-order valence-corrected chi connectivity index (χ1v) is 6.78. The lowest BCUT2D eigenvalue weighted by Gasteiger charge is -2.12. The zero-order chi connectivity index (χ0) is 15.2. The van der Waals surface area contributed by atoms with Crippen LogP contribution in [-0.2, 0) is 0 Å². The van der Waals surface area contributed by atoms with E-state index >= 15 is 0 Å². The Bertz CT molecular complexity index is 645. The Hall–Kier alpha value is -2.27. The van der Waals surface area contributed by atoms with Crippen LogP contribution in [0.4, 0.5) is 0 Å². The average Bonchev–Trinajstić information content (AvgIpc) is 2.48. The molecule has 0 fully saturated rings. The highest BCUT2D eigenvalue weighted by Crippen LogP contribution is 2.32. The van der Waals surface area contributed by atoms with Crippen LogP contribution in [0.5, 0.6) is 17.4 Å². The fraction of sp³-hybridized carbons (Fsp3) is 0.200. The summed E-state index contributed by atoms with van der Waals surface area (Å²) in [4.78, 5) is 15.3. The van der Waals surface area contributed by atoms with Crippen molar-refractivity contribution in [1.29, 1.82) is 0 Å². The molecule has 0 saturated heterocycles. The van der Waals surface area contributed by atoms with Crippen LogP contribution < -0.4 is 9.47 Å². The number of aromatic nitrogens is 1. The molecular formula is C15H14ClNO4. The average molecular weight is 308 g/mol. The summed E-state index contributed by atoms with van der Waals surface area (Å²) in [6.45, 7) is 2.51. The second-order valence-corrected chi connectivity index (χ2v) is 4.64. The standard InChI is InChI=1S/C15H14ClNO4/c1-2-8-20-13-4-3-7-17-14(13)21-12-6-5-10(16)9-11(12)15(18)19/h3-7,9H,2,8H2,1H3,(H,18,19). The van der Waals surface area contributed by atoms with E-state index in [0.717, 1.165) is 6.42 Å². The molecule has 0 aliphatic carbocycles. The quantitative estimate of drug-likeness (QED) is 0.873. The van der Waals surface area contributed by atoms with Gasteiger partial charge in [-0.3, -0.25) is 0 Å². The van der Waals surface area contributed by atoms with Crippen molar-refractivity contribution >= 4 is 17.6 Å². The third-order valence-corrected chi connectivity index (χ3v) is 2.81. The lowest BCUT2D eigenvalue weighted by Crippen LogP contribution is -2.02. The van der Waals surface area contributed by atoms with Gasteiger partial charge in [0.15, 0.2) is 5.75 Å². The Morgan fingerprint density at radius 1 is 1.33 bits per heavy atom. The van der Waals surface area contributed by atoms with Crippen LogP contribution >= 0.6 is 11.6 Å². The number of halogens is 1. The number of carboxylic acids is 1. The van der Waals surface area contributed by atoms with E-state index in [1.165, 1.54) is 12.1 Å². The summed E-state index contributed by atoms with van der Waals surface area (Å²) in [5, 5.41) is 9.51. The number of pyridine rings is 1. The van der Waals surface area contributed by atoms with Crippen molar-refractivity contribution < 1.29 is 19.4 Å². The number of benzene rings is 1. The molecule has 6 heteroatoms. The van der Waals surface area contributed by atoms with E-state index in [2.05, 4.69) is 4.98 Å². The lowest BCUT2D eigenvalue weighted by molar-refractivity contribution is 0.0694. The molecule has 0 aliphatic rings. The van der Waals surface area contributed by atoms with Crippen LogP contribution in [0.2, 0.25) is 5.02 Å². The molecule has 2 aromatic rings. The smallest absolute Gasteiger partial charge is 0.339 e. The number of carbonyl (C=O) groups is 1. The summed E-state index contributed by atoms with van der Waals surface area (Å²) in [6.07, 6.45) is 2.39. The van der Waals surface area contributed by atoms with Gasteiger partial charge in [-0.1, -0.05) is 18.5 Å². The largest absolute Gasteiger partial charge is 0.488 e. The predicted octanol–water partition coefficient (Wildman–Crippen LogP) is 4.01. The maximum absolute atomic E-state index is 11.2. The number of aromatic carboxylic acids is 1. The predicted molar refractivity (Wildman–Crippen MR) is 78.5 cm³/mol. The van der Waals surface area contributed by atoms with Crippen LogP contribution in [0.15, 0.2) is 36.5 Å². The number of nitrogens with zero attached hydrogens (tertiary/aromatic N) is 1. The van der Waals surface area contributed by atoms with E-state index in [4.69, 9.17) is 21.1 Å². The molecule has 0 unspecified atom stereocenters. The van der Waals surface area contributed by atoms with Crippen LogP contribution in [0.25, 0.3) is 0 Å². The Labute approximate surface area is 127 Å². The molecule has 0 saturated carbocycles. The highest BCUT2D eigenvalue weighted by Gasteiger charge is 2.15. The molecule has 1 aromatic heterocycles. The van der Waals surface area contributed by atoms with Crippen LogP contribution in [0.3, 0.4) is 0 Å². The van der Waals surface area contributed by atoms with Crippen molar-refractivity contribution in [3.8, 4) is 17.4 Å². The Morgan fingerprint density at radius 3 is 2.86 bits per heavy atom. The van der Waals surface area contributed by atoms with E-state index in [0.29, 0.717) is 17.4 Å². The Morgan fingerprint density at radius 2 is 2.14 bits per heavy atom. The van der Waals surface area contributed by atoms with Crippen molar-refractivity contribution in [2.75, 3.05) is 6.61 Å². The van der Waals surface area contributed by atoms with Gasteiger partial charge in [0.2, 0.25) is 0 Å². The monoisotopic (exact) mass is 307 g/mol. The molecule has 1 aromatic carbocycles. The van der Waals surface area contributed by atoms with Crippen molar-refractivity contribution in [1.82, 2.24) is 4.98 Å². The fourth-order valence-electron chi connectivity index (χ4n) is 1.64. The minimum atomic E-state index is -1.13. The molecule has 5 nitrogen and oxygen atoms in total. The molecule has 0 bridgehead atoms. The lowest BCUT2D eigenvalue weighted by atomic mass is 10.2. The van der Waals surface area contributed by atoms with Gasteiger partial charge in [-0.25, -0.2) is 9.78 Å². The second kappa shape index (κ2) is 6.95. The van der Waals surface area contributed by atoms with Crippen LogP contribution in [0, 0.1) is 0 Å². The van der Waals surface area contributed by atoms with Gasteiger partial charge < -0.3 is 14.6 Å². The van der Waals surface area contributed by atoms with Gasteiger partial charge in [-0.05, 0) is 36.8 Å². The maximum atomic E-state index is 11.2. The van der Waals surface area contributed by atoms with Gasteiger partial charge in [0.05, 0.1) is 6.61 Å². The number of hydrogen-bond acceptors (Lipinski definition) is 4. The minimum Gasteiger partial charge on any atom is -0.488 e. The zero-order valence-corrected chi connectivity index (χ0v) is 12.1. The number of carboxylic acid groups (broad SMARTS) is 1. The highest BCUT2D eigenvalue weighted by atomic mass is 35.5. The molecular weight excluding hydrogens is 294 g/mol. The highest BCUT2D eigenvalue weighted by molar-refractivity contribution is 6.31. The molecule has 1 N–H and O–H groups in total. The summed E-state index contributed by atoms with van der Waals surface area (Å²) < 4.78 is 11.1. The third-order valence-electron chi connectivity index (χ3n) is 2.58. The molecule has 1 heterocycles. The molecule has 0 aliphatic heterocycles. The Kier molecular flexibility index (Phi) is 5.00. The third kappa shape index (κ3) is 3.86. The van der Waals surface area contributed by atoms with E-state index in [1.807, 2.05) is 6.92 Å². The van der Waals surface area contributed by atoms with Gasteiger partial charge in [-0.15, -0.1) is 0 Å². The van der Waals surface area contributed by atoms with Crippen LogP contribution in [-0.4, -0.2) is 22.7 Å². The minimum absolute atomic E-state index is 0.0328. The first-order chi connectivity index (χ1) is 10.1. The summed E-state index contributed by atoms with van der Waals surface area (Å²) in [7, 11) is 0. The topological polar surface area (TPSA) is 68.7 Å². The van der Waals surface area contributed by atoms with Crippen molar-refractivity contribution in [3.63, 3.8) is 0 Å². The van der Waals surface area contributed by atoms with Gasteiger partial charge in [0.1, 0.15) is 11.3 Å². The normalized spacial score (nSPS) is 10.2. The van der Waals surface area contributed by atoms with Gasteiger partial charge in [0, 0.05) is 11.2 Å². The molecule has 0 spiro atoms. The maximum Gasteiger partial charge on any atom is 0.339 e. The van der Waals surface area contributed by atoms with Crippen molar-refractivity contribution in [2.45, 2.75) is 13.3 Å². The molecule has 0 radical (unpaired) electrons. The zero-order valence-electron chi connectivity index (χ0n) is 11.4. The summed E-state index contributed by atoms with van der Waals surface area (Å²) >= 11 is 5.80.